The van der Waals surface area contributed by atoms with Gasteiger partial charge in [-0.15, -0.1) is 0 Å². The first-order valence-corrected chi connectivity index (χ1v) is 15.1. The number of carbonyl (C=O) groups excluding carboxylic acids is 9. The molecule has 0 aliphatic carbocycles. The standard InChI is InChI=1S/C27H45N9O12.Ga/c1-16(37)34(46)10-4-7-19-25(43)30-14-23(41)28-13-22(40)29-15-24(42)31-20(8-5-11-35(47)17(2)38)26(44)33-21(27(45)32-19)9-6-12-36(48)18(3)39;/h19-21,46-48H,4-15H2,1-3H3,(H,28,41)(H,29,40)(H,30,43)(H,31,42)(H,32,45)(H,33,44);. The van der Waals surface area contributed by atoms with Crippen molar-refractivity contribution in [3.8, 4) is 0 Å². The summed E-state index contributed by atoms with van der Waals surface area (Å²) in [5.41, 5.74) is 0. The van der Waals surface area contributed by atoms with E-state index in [-0.39, 0.29) is 77.9 Å². The third-order valence-electron chi connectivity index (χ3n) is 6.91. The van der Waals surface area contributed by atoms with E-state index in [0.717, 1.165) is 20.8 Å². The predicted molar refractivity (Wildman–Crippen MR) is 166 cm³/mol. The number of hydroxylamine groups is 6. The van der Waals surface area contributed by atoms with Gasteiger partial charge >= 0.3 is 0 Å². The molecule has 0 aromatic carbocycles. The van der Waals surface area contributed by atoms with Crippen LogP contribution in [0.5, 0.6) is 0 Å². The van der Waals surface area contributed by atoms with Crippen molar-refractivity contribution in [2.75, 3.05) is 39.3 Å². The van der Waals surface area contributed by atoms with Crippen molar-refractivity contribution in [3.05, 3.63) is 0 Å². The van der Waals surface area contributed by atoms with Crippen LogP contribution in [0.3, 0.4) is 0 Å². The van der Waals surface area contributed by atoms with E-state index in [1.807, 2.05) is 0 Å². The van der Waals surface area contributed by atoms with Crippen molar-refractivity contribution >= 4 is 73.0 Å². The normalized spacial score (nSPS) is 19.6. The van der Waals surface area contributed by atoms with E-state index in [0.29, 0.717) is 15.2 Å². The second-order valence-electron chi connectivity index (χ2n) is 10.9. The third-order valence-corrected chi connectivity index (χ3v) is 6.91. The molecule has 0 spiro atoms. The van der Waals surface area contributed by atoms with Crippen molar-refractivity contribution in [2.45, 2.75) is 77.4 Å². The predicted octanol–water partition coefficient (Wildman–Crippen LogP) is -4.52. The van der Waals surface area contributed by atoms with Crippen LogP contribution in [0.25, 0.3) is 0 Å². The fraction of sp³-hybridized carbons (Fsp3) is 0.667. The average Bonchev–Trinajstić information content (AvgIpc) is 3.02. The van der Waals surface area contributed by atoms with E-state index in [1.165, 1.54) is 0 Å². The fourth-order valence-corrected chi connectivity index (χ4v) is 4.18. The van der Waals surface area contributed by atoms with E-state index in [1.54, 1.807) is 0 Å². The number of carbonyl (C=O) groups is 9. The Morgan fingerprint density at radius 2 is 0.837 bits per heavy atom. The number of amides is 9. The minimum absolute atomic E-state index is 0. The summed E-state index contributed by atoms with van der Waals surface area (Å²) in [6.07, 6.45) is -0.483. The molecular formula is C27H45GaN9O12. The van der Waals surface area contributed by atoms with Crippen LogP contribution in [-0.4, -0.2) is 161 Å². The maximum atomic E-state index is 13.5. The molecule has 0 saturated carbocycles. The number of nitrogens with one attached hydrogen (secondary N) is 6. The summed E-state index contributed by atoms with van der Waals surface area (Å²) in [4.78, 5) is 111. The van der Waals surface area contributed by atoms with Crippen LogP contribution in [0.15, 0.2) is 0 Å². The molecule has 1 fully saturated rings. The third kappa shape index (κ3) is 18.2. The van der Waals surface area contributed by atoms with E-state index < -0.39 is 90.9 Å². The minimum atomic E-state index is -1.41. The molecule has 3 atom stereocenters. The van der Waals surface area contributed by atoms with Gasteiger partial charge in [-0.05, 0) is 38.5 Å². The van der Waals surface area contributed by atoms with Crippen LogP contribution in [0.2, 0.25) is 0 Å². The molecule has 0 aromatic rings. The smallest absolute Gasteiger partial charge is 0.243 e. The average molecular weight is 757 g/mol. The summed E-state index contributed by atoms with van der Waals surface area (Å²) in [7, 11) is 0. The van der Waals surface area contributed by atoms with Gasteiger partial charge in [0.1, 0.15) is 18.1 Å². The molecule has 273 valence electrons. The van der Waals surface area contributed by atoms with E-state index in [2.05, 4.69) is 31.9 Å². The van der Waals surface area contributed by atoms with Gasteiger partial charge < -0.3 is 31.9 Å². The molecule has 49 heavy (non-hydrogen) atoms. The number of rotatable bonds is 12. The van der Waals surface area contributed by atoms with Crippen LogP contribution in [-0.2, 0) is 43.2 Å². The first-order valence-electron chi connectivity index (χ1n) is 15.1. The maximum Gasteiger partial charge on any atom is 0.243 e. The molecule has 0 aromatic heterocycles. The zero-order chi connectivity index (χ0) is 36.4. The number of nitrogens with zero attached hydrogens (tertiary/aromatic N) is 3. The summed E-state index contributed by atoms with van der Waals surface area (Å²) in [5.74, 6) is -7.02. The molecule has 1 saturated heterocycles. The maximum absolute atomic E-state index is 13.5. The van der Waals surface area contributed by atoms with E-state index >= 15 is 0 Å². The van der Waals surface area contributed by atoms with Gasteiger partial charge in [0.25, 0.3) is 0 Å². The van der Waals surface area contributed by atoms with Crippen LogP contribution in [0, 0.1) is 0 Å². The fourth-order valence-electron chi connectivity index (χ4n) is 4.18. The van der Waals surface area contributed by atoms with Crippen LogP contribution >= 0.6 is 0 Å². The van der Waals surface area contributed by atoms with Crippen molar-refractivity contribution in [3.63, 3.8) is 0 Å². The summed E-state index contributed by atoms with van der Waals surface area (Å²) in [5, 5.41) is 44.5. The molecule has 1 aliphatic heterocycles. The van der Waals surface area contributed by atoms with Crippen molar-refractivity contribution in [1.29, 1.82) is 0 Å². The van der Waals surface area contributed by atoms with Gasteiger partial charge in [0.2, 0.25) is 53.2 Å². The van der Waals surface area contributed by atoms with Crippen LogP contribution in [0.1, 0.15) is 59.3 Å². The Morgan fingerprint density at radius 3 is 1.20 bits per heavy atom. The van der Waals surface area contributed by atoms with Gasteiger partial charge in [0.05, 0.1) is 19.6 Å². The monoisotopic (exact) mass is 756 g/mol. The van der Waals surface area contributed by atoms with Crippen molar-refractivity contribution in [2.24, 2.45) is 0 Å². The number of hydrogen-bond donors (Lipinski definition) is 9. The Labute approximate surface area is 295 Å². The van der Waals surface area contributed by atoms with Crippen molar-refractivity contribution < 1.29 is 58.8 Å². The Hall–Kier alpha value is -4.25. The molecule has 1 aliphatic rings. The summed E-state index contributed by atoms with van der Waals surface area (Å²) < 4.78 is 0. The first-order chi connectivity index (χ1) is 22.5. The SMILES string of the molecule is CC(=O)N(O)CCCC1NC(=O)CNC(=O)CNC(=O)CNC(=O)C(CCCN(O)C(C)=O)NC(=O)C(CCCN(O)C(C)=O)NC1=O.[Ga]. The summed E-state index contributed by atoms with van der Waals surface area (Å²) in [6, 6.07) is -4.11. The Morgan fingerprint density at radius 1 is 0.531 bits per heavy atom. The van der Waals surface area contributed by atoms with Gasteiger partial charge in [-0.2, -0.15) is 0 Å². The molecule has 21 nitrogen and oxygen atoms in total. The summed E-state index contributed by atoms with van der Waals surface area (Å²) >= 11 is 0. The Bertz CT molecular complexity index is 1180. The van der Waals surface area contributed by atoms with Gasteiger partial charge in [0, 0.05) is 60.2 Å². The molecule has 3 radical (unpaired) electrons. The molecule has 22 heteroatoms. The van der Waals surface area contributed by atoms with E-state index in [9.17, 15) is 58.8 Å². The topological polar surface area (TPSA) is 296 Å². The van der Waals surface area contributed by atoms with Gasteiger partial charge in [0.15, 0.2) is 0 Å². The van der Waals surface area contributed by atoms with Crippen molar-refractivity contribution in [1.82, 2.24) is 47.1 Å². The van der Waals surface area contributed by atoms with Gasteiger partial charge in [-0.1, -0.05) is 0 Å². The molecular weight excluding hydrogens is 712 g/mol. The summed E-state index contributed by atoms with van der Waals surface area (Å²) in [6.45, 7) is 0.894. The quantitative estimate of drug-likeness (QED) is 0.0517. The first kappa shape index (κ1) is 44.7. The number of hydrogen-bond acceptors (Lipinski definition) is 12. The molecule has 1 rings (SSSR count). The van der Waals surface area contributed by atoms with Gasteiger partial charge in [-0.25, -0.2) is 15.2 Å². The Balaban J connectivity index is 0.0000230. The minimum Gasteiger partial charge on any atom is -0.346 e. The molecule has 0 bridgehead atoms. The second-order valence-corrected chi connectivity index (χ2v) is 10.9. The molecule has 3 unspecified atom stereocenters. The van der Waals surface area contributed by atoms with Gasteiger partial charge in [-0.3, -0.25) is 58.8 Å². The molecule has 1 heterocycles. The molecule has 9 amide bonds. The Kier molecular flexibility index (Phi) is 21.2. The largest absolute Gasteiger partial charge is 0.346 e. The molecule has 9 N–H and O–H groups in total. The zero-order valence-corrected chi connectivity index (χ0v) is 30.1. The second kappa shape index (κ2) is 23.2. The van der Waals surface area contributed by atoms with Crippen LogP contribution in [0.4, 0.5) is 0 Å². The van der Waals surface area contributed by atoms with E-state index in [4.69, 9.17) is 0 Å². The van der Waals surface area contributed by atoms with Crippen LogP contribution < -0.4 is 31.9 Å². The zero-order valence-electron chi connectivity index (χ0n) is 27.7.